The van der Waals surface area contributed by atoms with Crippen molar-refractivity contribution in [2.24, 2.45) is 12.0 Å². The topological polar surface area (TPSA) is 70.4 Å². The van der Waals surface area contributed by atoms with E-state index in [2.05, 4.69) is 69.0 Å². The molecule has 2 N–H and O–H groups in total. The first-order valence-corrected chi connectivity index (χ1v) is 8.14. The molecular formula is C17H28IN7. The summed E-state index contributed by atoms with van der Waals surface area (Å²) in [5.41, 5.74) is 2.58. The zero-order valence-electron chi connectivity index (χ0n) is 15.4. The third-order valence-electron chi connectivity index (χ3n) is 3.83. The Kier molecular flexibility index (Phi) is 9.25. The van der Waals surface area contributed by atoms with Gasteiger partial charge < -0.3 is 15.5 Å². The fourth-order valence-electron chi connectivity index (χ4n) is 2.32. The average Bonchev–Trinajstić information content (AvgIpc) is 2.99. The van der Waals surface area contributed by atoms with Gasteiger partial charge in [-0.3, -0.25) is 9.67 Å². The molecule has 2 aromatic rings. The molecule has 0 aliphatic heterocycles. The van der Waals surface area contributed by atoms with Gasteiger partial charge in [-0.25, -0.2) is 4.98 Å². The third kappa shape index (κ3) is 6.89. The summed E-state index contributed by atoms with van der Waals surface area (Å²) in [6.45, 7) is 1.47. The van der Waals surface area contributed by atoms with E-state index in [1.807, 2.05) is 7.05 Å². The Morgan fingerprint density at radius 1 is 1.20 bits per heavy atom. The second kappa shape index (κ2) is 10.9. The highest BCUT2D eigenvalue weighted by Gasteiger charge is 2.02. The standard InChI is InChI=1S/C17H27N7.HI/c1-18-17(20-12-16-21-13-22-24(16)4)19-11-5-6-14-7-9-15(10-8-14)23(2)3;/h7-10,13H,5-6,11-12H2,1-4H3,(H2,18,19,20);1H. The van der Waals surface area contributed by atoms with Gasteiger partial charge in [0.25, 0.3) is 0 Å². The number of hydrogen-bond acceptors (Lipinski definition) is 4. The Bertz CT molecular complexity index is 649. The molecule has 0 aliphatic carbocycles. The molecule has 1 aromatic carbocycles. The van der Waals surface area contributed by atoms with Crippen LogP contribution < -0.4 is 15.5 Å². The van der Waals surface area contributed by atoms with Crippen molar-refractivity contribution in [2.75, 3.05) is 32.6 Å². The fourth-order valence-corrected chi connectivity index (χ4v) is 2.32. The van der Waals surface area contributed by atoms with Crippen molar-refractivity contribution in [1.29, 1.82) is 0 Å². The largest absolute Gasteiger partial charge is 0.378 e. The number of nitrogens with zero attached hydrogens (tertiary/aromatic N) is 5. The number of halogens is 1. The molecule has 7 nitrogen and oxygen atoms in total. The van der Waals surface area contributed by atoms with Crippen molar-refractivity contribution in [1.82, 2.24) is 25.4 Å². The molecule has 0 amide bonds. The SMILES string of the molecule is CN=C(NCCCc1ccc(N(C)C)cc1)NCc1ncnn1C.I. The number of rotatable bonds is 7. The summed E-state index contributed by atoms with van der Waals surface area (Å²) in [5, 5.41) is 10.6. The Morgan fingerprint density at radius 2 is 1.92 bits per heavy atom. The van der Waals surface area contributed by atoms with Gasteiger partial charge in [-0.1, -0.05) is 12.1 Å². The van der Waals surface area contributed by atoms with Crippen LogP contribution >= 0.6 is 24.0 Å². The number of anilines is 1. The number of aromatic nitrogens is 3. The lowest BCUT2D eigenvalue weighted by molar-refractivity contribution is 0.669. The molecule has 0 radical (unpaired) electrons. The molecule has 0 atom stereocenters. The van der Waals surface area contributed by atoms with E-state index in [-0.39, 0.29) is 24.0 Å². The van der Waals surface area contributed by atoms with E-state index in [1.54, 1.807) is 18.1 Å². The van der Waals surface area contributed by atoms with Gasteiger partial charge in [0, 0.05) is 40.4 Å². The first-order valence-electron chi connectivity index (χ1n) is 8.14. The van der Waals surface area contributed by atoms with Crippen molar-refractivity contribution in [3.63, 3.8) is 0 Å². The maximum Gasteiger partial charge on any atom is 0.191 e. The van der Waals surface area contributed by atoms with Crippen LogP contribution in [0.25, 0.3) is 0 Å². The lowest BCUT2D eigenvalue weighted by Crippen LogP contribution is -2.38. The molecule has 0 fully saturated rings. The molecule has 0 spiro atoms. The van der Waals surface area contributed by atoms with Crippen LogP contribution in [0.5, 0.6) is 0 Å². The second-order valence-electron chi connectivity index (χ2n) is 5.82. The van der Waals surface area contributed by atoms with Gasteiger partial charge in [-0.15, -0.1) is 24.0 Å². The Hall–Kier alpha value is -1.84. The molecule has 138 valence electrons. The van der Waals surface area contributed by atoms with E-state index >= 15 is 0 Å². The van der Waals surface area contributed by atoms with Crippen LogP contribution in [0.2, 0.25) is 0 Å². The molecule has 0 unspecified atom stereocenters. The minimum Gasteiger partial charge on any atom is -0.378 e. The summed E-state index contributed by atoms with van der Waals surface area (Å²) in [5.74, 6) is 1.65. The molecule has 1 heterocycles. The summed E-state index contributed by atoms with van der Waals surface area (Å²) in [4.78, 5) is 10.5. The van der Waals surface area contributed by atoms with Crippen LogP contribution in [-0.2, 0) is 20.0 Å². The summed E-state index contributed by atoms with van der Waals surface area (Å²) in [7, 11) is 7.75. The molecular weight excluding hydrogens is 429 g/mol. The predicted octanol–water partition coefficient (Wildman–Crippen LogP) is 1.80. The van der Waals surface area contributed by atoms with Crippen molar-refractivity contribution >= 4 is 35.6 Å². The zero-order chi connectivity index (χ0) is 17.4. The quantitative estimate of drug-likeness (QED) is 0.287. The van der Waals surface area contributed by atoms with E-state index < -0.39 is 0 Å². The van der Waals surface area contributed by atoms with Crippen molar-refractivity contribution in [3.8, 4) is 0 Å². The monoisotopic (exact) mass is 457 g/mol. The van der Waals surface area contributed by atoms with Crippen molar-refractivity contribution in [2.45, 2.75) is 19.4 Å². The van der Waals surface area contributed by atoms with Crippen LogP contribution in [0.4, 0.5) is 5.69 Å². The van der Waals surface area contributed by atoms with Crippen molar-refractivity contribution < 1.29 is 0 Å². The van der Waals surface area contributed by atoms with Crippen molar-refractivity contribution in [3.05, 3.63) is 42.0 Å². The summed E-state index contributed by atoms with van der Waals surface area (Å²) in [6.07, 6.45) is 3.64. The number of guanidine groups is 1. The molecule has 0 aliphatic rings. The molecule has 25 heavy (non-hydrogen) atoms. The van der Waals surface area contributed by atoms with Gasteiger partial charge in [0.05, 0.1) is 6.54 Å². The number of benzene rings is 1. The van der Waals surface area contributed by atoms with Crippen LogP contribution in [0.15, 0.2) is 35.6 Å². The highest BCUT2D eigenvalue weighted by molar-refractivity contribution is 14.0. The van der Waals surface area contributed by atoms with E-state index in [0.29, 0.717) is 6.54 Å². The summed E-state index contributed by atoms with van der Waals surface area (Å²) < 4.78 is 1.75. The predicted molar refractivity (Wildman–Crippen MR) is 114 cm³/mol. The van der Waals surface area contributed by atoms with E-state index in [1.165, 1.54) is 11.3 Å². The van der Waals surface area contributed by atoms with Gasteiger partial charge in [0.15, 0.2) is 5.96 Å². The number of aryl methyl sites for hydroxylation is 2. The first-order chi connectivity index (χ1) is 11.6. The zero-order valence-corrected chi connectivity index (χ0v) is 17.7. The van der Waals surface area contributed by atoms with Crippen LogP contribution in [0, 0.1) is 0 Å². The van der Waals surface area contributed by atoms with E-state index in [0.717, 1.165) is 31.2 Å². The van der Waals surface area contributed by atoms with Gasteiger partial charge >= 0.3 is 0 Å². The maximum absolute atomic E-state index is 4.22. The highest BCUT2D eigenvalue weighted by atomic mass is 127. The molecule has 8 heteroatoms. The second-order valence-corrected chi connectivity index (χ2v) is 5.82. The first kappa shape index (κ1) is 21.2. The molecule has 0 bridgehead atoms. The maximum atomic E-state index is 4.22. The molecule has 1 aromatic heterocycles. The fraction of sp³-hybridized carbons (Fsp3) is 0.471. The minimum absolute atomic E-state index is 0. The van der Waals surface area contributed by atoms with Gasteiger partial charge in [-0.2, -0.15) is 5.10 Å². The Balaban J connectivity index is 0.00000312. The average molecular weight is 457 g/mol. The van der Waals surface area contributed by atoms with Crippen LogP contribution in [-0.4, -0.2) is 48.4 Å². The van der Waals surface area contributed by atoms with E-state index in [9.17, 15) is 0 Å². The third-order valence-corrected chi connectivity index (χ3v) is 3.83. The lowest BCUT2D eigenvalue weighted by Gasteiger charge is -2.13. The normalized spacial score (nSPS) is 11.0. The van der Waals surface area contributed by atoms with E-state index in [4.69, 9.17) is 0 Å². The number of nitrogens with one attached hydrogen (secondary N) is 2. The number of hydrogen-bond donors (Lipinski definition) is 2. The Morgan fingerprint density at radius 3 is 2.48 bits per heavy atom. The summed E-state index contributed by atoms with van der Waals surface area (Å²) in [6, 6.07) is 8.70. The lowest BCUT2D eigenvalue weighted by atomic mass is 10.1. The van der Waals surface area contributed by atoms with Gasteiger partial charge in [0.1, 0.15) is 12.2 Å². The smallest absolute Gasteiger partial charge is 0.191 e. The highest BCUT2D eigenvalue weighted by Crippen LogP contribution is 2.13. The van der Waals surface area contributed by atoms with Crippen LogP contribution in [0.1, 0.15) is 17.8 Å². The molecule has 0 saturated carbocycles. The molecule has 2 rings (SSSR count). The van der Waals surface area contributed by atoms with Gasteiger partial charge in [-0.05, 0) is 30.5 Å². The summed E-state index contributed by atoms with van der Waals surface area (Å²) >= 11 is 0. The van der Waals surface area contributed by atoms with Crippen LogP contribution in [0.3, 0.4) is 0 Å². The van der Waals surface area contributed by atoms with Gasteiger partial charge in [0.2, 0.25) is 0 Å². The molecule has 0 saturated heterocycles. The Labute approximate surface area is 166 Å². The number of aliphatic imine (C=N–C) groups is 1. The minimum atomic E-state index is 0.